The van der Waals surface area contributed by atoms with Gasteiger partial charge in [-0.2, -0.15) is 0 Å². The van der Waals surface area contributed by atoms with E-state index in [-0.39, 0.29) is 18.8 Å². The number of allylic oxidation sites excluding steroid dienone is 1. The van der Waals surface area contributed by atoms with Crippen molar-refractivity contribution in [1.82, 2.24) is 0 Å². The molecule has 96 valence electrons. The van der Waals surface area contributed by atoms with Crippen LogP contribution in [0.25, 0.3) is 0 Å². The average Bonchev–Trinajstić information content (AvgIpc) is 2.25. The number of hydrogen-bond acceptors (Lipinski definition) is 6. The topological polar surface area (TPSA) is 89.9 Å². The molecular formula is C11H16O6. The van der Waals surface area contributed by atoms with Crippen molar-refractivity contribution in [2.45, 2.75) is 26.4 Å². The third kappa shape index (κ3) is 7.24. The molecule has 0 aromatic carbocycles. The molecule has 1 unspecified atom stereocenters. The lowest BCUT2D eigenvalue weighted by molar-refractivity contribution is -0.163. The van der Waals surface area contributed by atoms with Gasteiger partial charge in [-0.05, 0) is 19.4 Å². The number of carbonyl (C=O) groups excluding carboxylic acids is 3. The van der Waals surface area contributed by atoms with Gasteiger partial charge in [0.2, 0.25) is 0 Å². The number of aliphatic hydroxyl groups excluding tert-OH is 1. The van der Waals surface area contributed by atoms with E-state index in [4.69, 9.17) is 5.11 Å². The van der Waals surface area contributed by atoms with Gasteiger partial charge in [-0.25, -0.2) is 9.59 Å². The van der Waals surface area contributed by atoms with Crippen molar-refractivity contribution < 1.29 is 29.0 Å². The number of rotatable bonds is 7. The Kier molecular flexibility index (Phi) is 6.81. The molecule has 0 amide bonds. The molecule has 0 radical (unpaired) electrons. The first-order chi connectivity index (χ1) is 7.84. The highest BCUT2D eigenvalue weighted by Gasteiger charge is 2.13. The monoisotopic (exact) mass is 244 g/mol. The van der Waals surface area contributed by atoms with Gasteiger partial charge in [0.1, 0.15) is 6.10 Å². The summed E-state index contributed by atoms with van der Waals surface area (Å²) in [7, 11) is 0. The van der Waals surface area contributed by atoms with Gasteiger partial charge in [-0.1, -0.05) is 6.58 Å². The van der Waals surface area contributed by atoms with Crippen molar-refractivity contribution in [2.75, 3.05) is 13.2 Å². The minimum absolute atomic E-state index is 0.0470. The summed E-state index contributed by atoms with van der Waals surface area (Å²) in [6.07, 6.45) is -1.24. The Morgan fingerprint density at radius 3 is 2.35 bits per heavy atom. The van der Waals surface area contributed by atoms with E-state index in [2.05, 4.69) is 16.1 Å². The maximum absolute atomic E-state index is 11.1. The van der Waals surface area contributed by atoms with E-state index < -0.39 is 24.6 Å². The highest BCUT2D eigenvalue weighted by Crippen LogP contribution is 1.96. The van der Waals surface area contributed by atoms with Crippen LogP contribution in [0.4, 0.5) is 0 Å². The van der Waals surface area contributed by atoms with Crippen LogP contribution in [0.2, 0.25) is 0 Å². The lowest BCUT2D eigenvalue weighted by Crippen LogP contribution is -2.24. The van der Waals surface area contributed by atoms with E-state index in [1.54, 1.807) is 6.92 Å². The van der Waals surface area contributed by atoms with E-state index >= 15 is 0 Å². The van der Waals surface area contributed by atoms with Gasteiger partial charge in [-0.15, -0.1) is 0 Å². The first-order valence-corrected chi connectivity index (χ1v) is 5.03. The number of ketones is 1. The number of hydrogen-bond donors (Lipinski definition) is 1. The Morgan fingerprint density at radius 1 is 1.29 bits per heavy atom. The Morgan fingerprint density at radius 2 is 1.88 bits per heavy atom. The Hall–Kier alpha value is -1.69. The van der Waals surface area contributed by atoms with Crippen molar-refractivity contribution in [3.8, 4) is 0 Å². The van der Waals surface area contributed by atoms with E-state index in [0.717, 1.165) is 0 Å². The summed E-state index contributed by atoms with van der Waals surface area (Å²) in [6.45, 7) is 5.57. The van der Waals surface area contributed by atoms with Crippen LogP contribution in [-0.2, 0) is 23.9 Å². The minimum atomic E-state index is -1.28. The van der Waals surface area contributed by atoms with Crippen LogP contribution in [0.15, 0.2) is 12.2 Å². The van der Waals surface area contributed by atoms with E-state index in [9.17, 15) is 14.4 Å². The fourth-order valence-electron chi connectivity index (χ4n) is 0.763. The zero-order valence-corrected chi connectivity index (χ0v) is 9.89. The van der Waals surface area contributed by atoms with Gasteiger partial charge in [-0.3, -0.25) is 4.79 Å². The van der Waals surface area contributed by atoms with Crippen molar-refractivity contribution in [2.24, 2.45) is 0 Å². The molecule has 0 saturated carbocycles. The Bertz CT molecular complexity index is 318. The fourth-order valence-corrected chi connectivity index (χ4v) is 0.763. The lowest BCUT2D eigenvalue weighted by atomic mass is 10.2. The number of aliphatic hydroxyl groups is 1. The Labute approximate surface area is 99.2 Å². The molecule has 17 heavy (non-hydrogen) atoms. The van der Waals surface area contributed by atoms with Crippen LogP contribution in [0.3, 0.4) is 0 Å². The van der Waals surface area contributed by atoms with Crippen LogP contribution in [0.5, 0.6) is 0 Å². The van der Waals surface area contributed by atoms with Crippen LogP contribution in [0.1, 0.15) is 20.3 Å². The summed E-state index contributed by atoms with van der Waals surface area (Å²) in [4.78, 5) is 32.9. The molecule has 0 spiro atoms. The van der Waals surface area contributed by atoms with Crippen LogP contribution < -0.4 is 0 Å². The second-order valence-electron chi connectivity index (χ2n) is 3.46. The summed E-state index contributed by atoms with van der Waals surface area (Å²) in [5, 5.41) is 8.76. The van der Waals surface area contributed by atoms with E-state index in [0.29, 0.717) is 5.57 Å². The molecular weight excluding hydrogens is 228 g/mol. The molecule has 1 N–H and O–H groups in total. The fraction of sp³-hybridized carbons (Fsp3) is 0.545. The van der Waals surface area contributed by atoms with Gasteiger partial charge < -0.3 is 14.6 Å². The molecule has 0 fully saturated rings. The molecule has 6 nitrogen and oxygen atoms in total. The van der Waals surface area contributed by atoms with Gasteiger partial charge in [0.25, 0.3) is 0 Å². The van der Waals surface area contributed by atoms with Crippen LogP contribution in [0, 0.1) is 0 Å². The highest BCUT2D eigenvalue weighted by atomic mass is 16.6. The zero-order chi connectivity index (χ0) is 13.4. The molecule has 6 heteroatoms. The van der Waals surface area contributed by atoms with E-state index in [1.807, 2.05) is 0 Å². The third-order valence-electron chi connectivity index (χ3n) is 1.74. The van der Waals surface area contributed by atoms with Crippen molar-refractivity contribution >= 4 is 17.7 Å². The second kappa shape index (κ2) is 7.56. The summed E-state index contributed by atoms with van der Waals surface area (Å²) in [6, 6.07) is 0. The maximum Gasteiger partial charge on any atom is 0.344 e. The van der Waals surface area contributed by atoms with Crippen molar-refractivity contribution in [3.05, 3.63) is 12.2 Å². The smallest absolute Gasteiger partial charge is 0.344 e. The quantitative estimate of drug-likeness (QED) is 0.500. The number of carbonyl (C=O) groups is 3. The molecule has 0 heterocycles. The van der Waals surface area contributed by atoms with Gasteiger partial charge in [0.05, 0.1) is 6.61 Å². The van der Waals surface area contributed by atoms with Crippen LogP contribution >= 0.6 is 0 Å². The van der Waals surface area contributed by atoms with Gasteiger partial charge >= 0.3 is 11.9 Å². The van der Waals surface area contributed by atoms with Gasteiger partial charge in [0, 0.05) is 6.42 Å². The van der Waals surface area contributed by atoms with Crippen molar-refractivity contribution in [1.29, 1.82) is 0 Å². The molecule has 0 bridgehead atoms. The molecule has 0 aliphatic carbocycles. The zero-order valence-electron chi connectivity index (χ0n) is 9.89. The SMILES string of the molecule is C=C(C)C(=O)CCOC(=O)COC(=O)C(C)O. The standard InChI is InChI=1S/C11H16O6/c1-7(2)9(13)4-5-16-10(14)6-17-11(15)8(3)12/h8,12H,1,4-6H2,2-3H3. The number of esters is 2. The predicted molar refractivity (Wildman–Crippen MR) is 58.0 cm³/mol. The molecule has 0 aliphatic heterocycles. The first-order valence-electron chi connectivity index (χ1n) is 5.03. The summed E-state index contributed by atoms with van der Waals surface area (Å²) in [5.74, 6) is -1.87. The third-order valence-corrected chi connectivity index (χ3v) is 1.74. The minimum Gasteiger partial charge on any atom is -0.463 e. The molecule has 0 aromatic rings. The molecule has 0 aromatic heterocycles. The van der Waals surface area contributed by atoms with Crippen molar-refractivity contribution in [3.63, 3.8) is 0 Å². The first kappa shape index (κ1) is 15.3. The summed E-state index contributed by atoms with van der Waals surface area (Å²) in [5.41, 5.74) is 0.390. The average molecular weight is 244 g/mol. The van der Waals surface area contributed by atoms with E-state index in [1.165, 1.54) is 6.92 Å². The molecule has 1 atom stereocenters. The Balaban J connectivity index is 3.71. The summed E-state index contributed by atoms with van der Waals surface area (Å²) >= 11 is 0. The van der Waals surface area contributed by atoms with Crippen LogP contribution in [-0.4, -0.2) is 42.1 Å². The largest absolute Gasteiger partial charge is 0.463 e. The normalized spacial score (nSPS) is 11.5. The highest BCUT2D eigenvalue weighted by molar-refractivity contribution is 5.94. The summed E-state index contributed by atoms with van der Waals surface area (Å²) < 4.78 is 9.04. The number of ether oxygens (including phenoxy) is 2. The molecule has 0 aliphatic rings. The number of Topliss-reactive ketones (excluding diaryl/α,β-unsaturated/α-hetero) is 1. The predicted octanol–water partition coefficient (Wildman–Crippen LogP) is -0.0111. The maximum atomic E-state index is 11.1. The van der Waals surface area contributed by atoms with Gasteiger partial charge in [0.15, 0.2) is 12.4 Å². The second-order valence-corrected chi connectivity index (χ2v) is 3.46. The lowest BCUT2D eigenvalue weighted by Gasteiger charge is -2.06. The molecule has 0 saturated heterocycles. The molecule has 0 rings (SSSR count).